The number of anilines is 1. The maximum atomic E-state index is 10.7. The summed E-state index contributed by atoms with van der Waals surface area (Å²) < 4.78 is 0.851. The monoisotopic (exact) mass is 282 g/mol. The van der Waals surface area contributed by atoms with E-state index in [9.17, 15) is 10.1 Å². The van der Waals surface area contributed by atoms with Gasteiger partial charge in [-0.05, 0) is 11.6 Å². The largest absolute Gasteiger partial charge is 0.388 e. The first-order chi connectivity index (χ1) is 8.70. The lowest BCUT2D eigenvalue weighted by Crippen LogP contribution is -1.96. The summed E-state index contributed by atoms with van der Waals surface area (Å²) >= 11 is 2.97. The quantitative estimate of drug-likeness (QED) is 0.516. The summed E-state index contributed by atoms with van der Waals surface area (Å²) in [6.45, 7) is 0. The zero-order chi connectivity index (χ0) is 13.0. The van der Waals surface area contributed by atoms with Gasteiger partial charge in [0.15, 0.2) is 4.34 Å². The lowest BCUT2D eigenvalue weighted by Gasteiger charge is -2.07. The number of benzene rings is 1. The average molecular weight is 282 g/mol. The number of thioether (sulfide) groups is 1. The third-order valence-electron chi connectivity index (χ3n) is 2.26. The van der Waals surface area contributed by atoms with Crippen molar-refractivity contribution < 1.29 is 4.92 Å². The van der Waals surface area contributed by atoms with Gasteiger partial charge in [0.25, 0.3) is 5.69 Å². The van der Waals surface area contributed by atoms with E-state index in [-0.39, 0.29) is 5.69 Å². The smallest absolute Gasteiger partial charge is 0.269 e. The molecule has 0 amide bonds. The molecule has 94 valence electrons. The van der Waals surface area contributed by atoms with Crippen molar-refractivity contribution in [1.82, 2.24) is 10.2 Å². The minimum absolute atomic E-state index is 0.0989. The Balaban J connectivity index is 2.18. The zero-order valence-corrected chi connectivity index (χ0v) is 11.1. The summed E-state index contributed by atoms with van der Waals surface area (Å²) in [6.07, 6.45) is 0. The highest BCUT2D eigenvalue weighted by atomic mass is 32.2. The number of rotatable bonds is 5. The molecule has 1 N–H and O–H groups in total. The summed E-state index contributed by atoms with van der Waals surface area (Å²) in [5.74, 6) is 0.618. The Kier molecular flexibility index (Phi) is 4.11. The maximum absolute atomic E-state index is 10.7. The number of nitrogens with one attached hydrogen (secondary N) is 1. The molecule has 0 saturated heterocycles. The predicted octanol–water partition coefficient (Wildman–Crippen LogP) is 2.78. The molecule has 1 aromatic carbocycles. The summed E-state index contributed by atoms with van der Waals surface area (Å²) in [6, 6.07) is 4.79. The second-order valence-corrected chi connectivity index (χ2v) is 5.40. The molecule has 0 saturated carbocycles. The highest BCUT2D eigenvalue weighted by molar-refractivity contribution is 8.00. The van der Waals surface area contributed by atoms with E-state index in [1.54, 1.807) is 24.7 Å². The summed E-state index contributed by atoms with van der Waals surface area (Å²) in [7, 11) is 1.79. The van der Waals surface area contributed by atoms with Gasteiger partial charge in [0.2, 0.25) is 0 Å². The molecule has 0 aliphatic rings. The molecular weight excluding hydrogens is 272 g/mol. The van der Waals surface area contributed by atoms with Crippen molar-refractivity contribution in [3.05, 3.63) is 39.4 Å². The van der Waals surface area contributed by atoms with Gasteiger partial charge in [-0.2, -0.15) is 0 Å². The minimum atomic E-state index is -0.390. The van der Waals surface area contributed by atoms with Gasteiger partial charge in [0.1, 0.15) is 5.51 Å². The van der Waals surface area contributed by atoms with Crippen molar-refractivity contribution in [3.63, 3.8) is 0 Å². The van der Waals surface area contributed by atoms with E-state index in [4.69, 9.17) is 0 Å². The van der Waals surface area contributed by atoms with E-state index in [1.165, 1.54) is 29.2 Å². The van der Waals surface area contributed by atoms with Crippen LogP contribution < -0.4 is 5.32 Å². The second kappa shape index (κ2) is 5.78. The van der Waals surface area contributed by atoms with E-state index < -0.39 is 4.92 Å². The molecular formula is C10H10N4O2S2. The topological polar surface area (TPSA) is 81.0 Å². The molecule has 18 heavy (non-hydrogen) atoms. The molecule has 8 heteroatoms. The van der Waals surface area contributed by atoms with Crippen LogP contribution in [-0.2, 0) is 5.75 Å². The third kappa shape index (κ3) is 2.96. The van der Waals surface area contributed by atoms with E-state index >= 15 is 0 Å². The van der Waals surface area contributed by atoms with Gasteiger partial charge in [-0.3, -0.25) is 10.1 Å². The number of hydrogen-bond donors (Lipinski definition) is 1. The third-order valence-corrected chi connectivity index (χ3v) is 4.17. The molecule has 0 fully saturated rings. The predicted molar refractivity (Wildman–Crippen MR) is 72.1 cm³/mol. The zero-order valence-electron chi connectivity index (χ0n) is 9.49. The summed E-state index contributed by atoms with van der Waals surface area (Å²) in [5, 5.41) is 21.4. The summed E-state index contributed by atoms with van der Waals surface area (Å²) in [5.41, 5.74) is 3.53. The van der Waals surface area contributed by atoms with E-state index in [2.05, 4.69) is 15.5 Å². The maximum Gasteiger partial charge on any atom is 0.269 e. The molecule has 2 aromatic rings. The molecule has 1 aromatic heterocycles. The normalized spacial score (nSPS) is 10.3. The van der Waals surface area contributed by atoms with Gasteiger partial charge in [0, 0.05) is 30.6 Å². The minimum Gasteiger partial charge on any atom is -0.388 e. The van der Waals surface area contributed by atoms with Crippen LogP contribution >= 0.6 is 23.1 Å². The lowest BCUT2D eigenvalue weighted by atomic mass is 10.2. The molecule has 0 aliphatic carbocycles. The molecule has 0 bridgehead atoms. The highest BCUT2D eigenvalue weighted by Crippen LogP contribution is 2.29. The van der Waals surface area contributed by atoms with Crippen LogP contribution in [0.5, 0.6) is 0 Å². The SMILES string of the molecule is CNc1ccc([N+](=O)[O-])cc1CSc1nncs1. The molecule has 2 rings (SSSR count). The fourth-order valence-corrected chi connectivity index (χ4v) is 2.90. The Hall–Kier alpha value is -1.67. The number of nitro benzene ring substituents is 1. The van der Waals surface area contributed by atoms with Crippen molar-refractivity contribution >= 4 is 34.5 Å². The standard InChI is InChI=1S/C10H10N4O2S2/c1-11-9-3-2-8(14(15)16)4-7(9)5-17-10-13-12-6-18-10/h2-4,6,11H,5H2,1H3. The number of aromatic nitrogens is 2. The molecule has 0 unspecified atom stereocenters. The van der Waals surface area contributed by atoms with Crippen molar-refractivity contribution in [3.8, 4) is 0 Å². The molecule has 1 heterocycles. The number of non-ortho nitro benzene ring substituents is 1. The fourth-order valence-electron chi connectivity index (χ4n) is 1.42. The first kappa shape index (κ1) is 12.8. The number of nitro groups is 1. The summed E-state index contributed by atoms with van der Waals surface area (Å²) in [4.78, 5) is 10.4. The molecule has 0 radical (unpaired) electrons. The van der Waals surface area contributed by atoms with Crippen LogP contribution in [0.25, 0.3) is 0 Å². The van der Waals surface area contributed by atoms with Crippen LogP contribution in [0.15, 0.2) is 28.0 Å². The fraction of sp³-hybridized carbons (Fsp3) is 0.200. The van der Waals surface area contributed by atoms with Crippen molar-refractivity contribution in [2.45, 2.75) is 10.1 Å². The lowest BCUT2D eigenvalue weighted by molar-refractivity contribution is -0.384. The Labute approximate surface area is 112 Å². The molecule has 0 atom stereocenters. The Bertz CT molecular complexity index is 545. The van der Waals surface area contributed by atoms with Crippen molar-refractivity contribution in [1.29, 1.82) is 0 Å². The average Bonchev–Trinajstić information content (AvgIpc) is 2.89. The second-order valence-electron chi connectivity index (χ2n) is 3.34. The number of nitrogens with zero attached hydrogens (tertiary/aromatic N) is 3. The highest BCUT2D eigenvalue weighted by Gasteiger charge is 2.11. The van der Waals surface area contributed by atoms with E-state index in [1.807, 2.05) is 0 Å². The van der Waals surface area contributed by atoms with Gasteiger partial charge in [0.05, 0.1) is 4.92 Å². The first-order valence-corrected chi connectivity index (χ1v) is 6.91. The Morgan fingerprint density at radius 3 is 3.00 bits per heavy atom. The van der Waals surface area contributed by atoms with Crippen LogP contribution in [0, 0.1) is 10.1 Å². The van der Waals surface area contributed by atoms with Crippen LogP contribution in [0.4, 0.5) is 11.4 Å². The molecule has 0 aliphatic heterocycles. The van der Waals surface area contributed by atoms with Crippen LogP contribution in [0.1, 0.15) is 5.56 Å². The number of hydrogen-bond acceptors (Lipinski definition) is 7. The Morgan fingerprint density at radius 2 is 2.39 bits per heavy atom. The molecule has 0 spiro atoms. The van der Waals surface area contributed by atoms with E-state index in [0.717, 1.165) is 15.6 Å². The van der Waals surface area contributed by atoms with Gasteiger partial charge in [-0.25, -0.2) is 0 Å². The first-order valence-electron chi connectivity index (χ1n) is 5.04. The molecule has 6 nitrogen and oxygen atoms in total. The van der Waals surface area contributed by atoms with Crippen molar-refractivity contribution in [2.24, 2.45) is 0 Å². The van der Waals surface area contributed by atoms with Gasteiger partial charge >= 0.3 is 0 Å². The van der Waals surface area contributed by atoms with Crippen molar-refractivity contribution in [2.75, 3.05) is 12.4 Å². The van der Waals surface area contributed by atoms with Gasteiger partial charge < -0.3 is 5.32 Å². The van der Waals surface area contributed by atoms with Crippen LogP contribution in [0.2, 0.25) is 0 Å². The van der Waals surface area contributed by atoms with Gasteiger partial charge in [-0.1, -0.05) is 23.1 Å². The van der Waals surface area contributed by atoms with Crippen LogP contribution in [0.3, 0.4) is 0 Å². The van der Waals surface area contributed by atoms with Crippen LogP contribution in [-0.4, -0.2) is 22.2 Å². The Morgan fingerprint density at radius 1 is 1.56 bits per heavy atom. The van der Waals surface area contributed by atoms with E-state index in [0.29, 0.717) is 5.75 Å². The van der Waals surface area contributed by atoms with Gasteiger partial charge in [-0.15, -0.1) is 10.2 Å².